The average molecular weight is 401 g/mol. The van der Waals surface area contributed by atoms with Gasteiger partial charge in [-0.05, 0) is 50.0 Å². The average Bonchev–Trinajstić information content (AvgIpc) is 3.27. The second kappa shape index (κ2) is 8.25. The molecule has 1 saturated heterocycles. The van der Waals surface area contributed by atoms with E-state index in [1.54, 1.807) is 0 Å². The van der Waals surface area contributed by atoms with E-state index in [-0.39, 0.29) is 23.2 Å². The summed E-state index contributed by atoms with van der Waals surface area (Å²) >= 11 is 0. The largest absolute Gasteiger partial charge is 0.376 e. The molecule has 1 aliphatic heterocycles. The molecule has 160 valence electrons. The predicted molar refractivity (Wildman–Crippen MR) is 113 cm³/mol. The Hall–Kier alpha value is -1.62. The van der Waals surface area contributed by atoms with Crippen LogP contribution in [0.2, 0.25) is 0 Å². The van der Waals surface area contributed by atoms with Crippen LogP contribution in [0.3, 0.4) is 0 Å². The third-order valence-corrected chi connectivity index (χ3v) is 7.07. The highest BCUT2D eigenvalue weighted by Gasteiger charge is 2.38. The fraction of sp³-hybridized carbons (Fsp3) is 0.750. The zero-order chi connectivity index (χ0) is 20.6. The molecular formula is C24H36N2O3. The number of ether oxygens (including phenoxy) is 1. The van der Waals surface area contributed by atoms with Crippen LogP contribution in [0.1, 0.15) is 98.6 Å². The minimum Gasteiger partial charge on any atom is -0.376 e. The third kappa shape index (κ3) is 4.30. The van der Waals surface area contributed by atoms with Crippen molar-refractivity contribution in [1.29, 1.82) is 0 Å². The molecule has 1 amide bonds. The summed E-state index contributed by atoms with van der Waals surface area (Å²) in [7, 11) is 0. The van der Waals surface area contributed by atoms with E-state index in [1.165, 1.54) is 37.8 Å². The van der Waals surface area contributed by atoms with Crippen LogP contribution in [-0.2, 0) is 22.4 Å². The van der Waals surface area contributed by atoms with Crippen molar-refractivity contribution in [2.45, 2.75) is 97.1 Å². The first-order chi connectivity index (χ1) is 13.9. The first-order valence-electron chi connectivity index (χ1n) is 11.5. The molecule has 2 heterocycles. The molecule has 2 fully saturated rings. The summed E-state index contributed by atoms with van der Waals surface area (Å²) in [5.41, 5.74) is 4.15. The number of fused-ring (bicyclic) bond motifs is 1. The van der Waals surface area contributed by atoms with Gasteiger partial charge in [-0.2, -0.15) is 0 Å². The van der Waals surface area contributed by atoms with E-state index in [9.17, 15) is 9.59 Å². The SMILES string of the molecule is Cc1c(CC(=O)NC[C@H]2CCCO2)c2c(n1C1CCCCC1)CC(C)(C)CC2=O. The van der Waals surface area contributed by atoms with E-state index in [4.69, 9.17) is 4.74 Å². The Morgan fingerprint density at radius 2 is 1.90 bits per heavy atom. The maximum atomic E-state index is 13.2. The first-order valence-corrected chi connectivity index (χ1v) is 11.5. The number of amides is 1. The van der Waals surface area contributed by atoms with Crippen LogP contribution >= 0.6 is 0 Å². The fourth-order valence-electron chi connectivity index (χ4n) is 5.67. The van der Waals surface area contributed by atoms with E-state index >= 15 is 0 Å². The normalized spacial score (nSPS) is 24.5. The van der Waals surface area contributed by atoms with Crippen LogP contribution in [0.5, 0.6) is 0 Å². The molecule has 1 atom stereocenters. The zero-order valence-corrected chi connectivity index (χ0v) is 18.3. The summed E-state index contributed by atoms with van der Waals surface area (Å²) in [5.74, 6) is 0.223. The number of carbonyl (C=O) groups is 2. The van der Waals surface area contributed by atoms with E-state index in [0.717, 1.165) is 42.7 Å². The van der Waals surface area contributed by atoms with Gasteiger partial charge in [-0.25, -0.2) is 0 Å². The molecule has 0 radical (unpaired) electrons. The molecule has 5 nitrogen and oxygen atoms in total. The lowest BCUT2D eigenvalue weighted by molar-refractivity contribution is -0.120. The lowest BCUT2D eigenvalue weighted by Crippen LogP contribution is -2.33. The fourth-order valence-corrected chi connectivity index (χ4v) is 5.67. The van der Waals surface area contributed by atoms with Gasteiger partial charge in [0, 0.05) is 42.6 Å². The van der Waals surface area contributed by atoms with Crippen molar-refractivity contribution in [3.8, 4) is 0 Å². The molecule has 1 N–H and O–H groups in total. The number of rotatable bonds is 5. The highest BCUT2D eigenvalue weighted by molar-refractivity contribution is 6.01. The Morgan fingerprint density at radius 1 is 1.14 bits per heavy atom. The number of nitrogens with one attached hydrogen (secondary N) is 1. The van der Waals surface area contributed by atoms with Gasteiger partial charge in [0.15, 0.2) is 5.78 Å². The van der Waals surface area contributed by atoms with Crippen LogP contribution in [0.25, 0.3) is 0 Å². The molecule has 3 aliphatic rings. The minimum atomic E-state index is -0.0133. The summed E-state index contributed by atoms with van der Waals surface area (Å²) in [5, 5.41) is 3.04. The highest BCUT2D eigenvalue weighted by atomic mass is 16.5. The van der Waals surface area contributed by atoms with Gasteiger partial charge < -0.3 is 14.6 Å². The van der Waals surface area contributed by atoms with E-state index in [0.29, 0.717) is 25.4 Å². The van der Waals surface area contributed by atoms with Crippen molar-refractivity contribution in [3.05, 3.63) is 22.5 Å². The lowest BCUT2D eigenvalue weighted by Gasteiger charge is -2.33. The number of Topliss-reactive ketones (excluding diaryl/α,β-unsaturated/α-hetero) is 1. The zero-order valence-electron chi connectivity index (χ0n) is 18.3. The summed E-state index contributed by atoms with van der Waals surface area (Å²) < 4.78 is 8.07. The summed E-state index contributed by atoms with van der Waals surface area (Å²) in [6.45, 7) is 7.87. The smallest absolute Gasteiger partial charge is 0.224 e. The molecule has 5 heteroatoms. The Kier molecular flexibility index (Phi) is 5.87. The van der Waals surface area contributed by atoms with Gasteiger partial charge in [0.1, 0.15) is 0 Å². The van der Waals surface area contributed by atoms with E-state index < -0.39 is 0 Å². The number of ketones is 1. The van der Waals surface area contributed by atoms with Crippen molar-refractivity contribution in [2.75, 3.05) is 13.2 Å². The van der Waals surface area contributed by atoms with Gasteiger partial charge in [0.05, 0.1) is 12.5 Å². The summed E-state index contributed by atoms with van der Waals surface area (Å²) in [6, 6.07) is 0.475. The molecule has 0 unspecified atom stereocenters. The van der Waals surface area contributed by atoms with Crippen LogP contribution in [-0.4, -0.2) is 35.5 Å². The molecule has 1 saturated carbocycles. The Balaban J connectivity index is 1.61. The molecule has 1 aromatic heterocycles. The number of hydrogen-bond acceptors (Lipinski definition) is 3. The van der Waals surface area contributed by atoms with Crippen LogP contribution < -0.4 is 5.32 Å². The first kappa shape index (κ1) is 20.6. The topological polar surface area (TPSA) is 60.3 Å². The number of aromatic nitrogens is 1. The maximum Gasteiger partial charge on any atom is 0.224 e. The Labute approximate surface area is 174 Å². The van der Waals surface area contributed by atoms with Crippen LogP contribution in [0.4, 0.5) is 0 Å². The van der Waals surface area contributed by atoms with Gasteiger partial charge in [0.25, 0.3) is 0 Å². The Morgan fingerprint density at radius 3 is 2.59 bits per heavy atom. The number of carbonyl (C=O) groups excluding carboxylic acids is 2. The summed E-state index contributed by atoms with van der Waals surface area (Å²) in [6.07, 6.45) is 10.2. The number of hydrogen-bond donors (Lipinski definition) is 1. The summed E-state index contributed by atoms with van der Waals surface area (Å²) in [4.78, 5) is 25.9. The molecule has 0 aromatic carbocycles. The van der Waals surface area contributed by atoms with E-state index in [2.05, 4.69) is 30.7 Å². The van der Waals surface area contributed by atoms with Crippen molar-refractivity contribution < 1.29 is 14.3 Å². The van der Waals surface area contributed by atoms with Gasteiger partial charge in [0.2, 0.25) is 5.91 Å². The van der Waals surface area contributed by atoms with E-state index in [1.807, 2.05) is 0 Å². The molecule has 4 rings (SSSR count). The molecular weight excluding hydrogens is 364 g/mol. The number of nitrogens with zero attached hydrogens (tertiary/aromatic N) is 1. The molecule has 1 aromatic rings. The molecule has 0 spiro atoms. The van der Waals surface area contributed by atoms with Crippen LogP contribution in [0, 0.1) is 12.3 Å². The van der Waals surface area contributed by atoms with Gasteiger partial charge >= 0.3 is 0 Å². The Bertz CT molecular complexity index is 781. The monoisotopic (exact) mass is 400 g/mol. The van der Waals surface area contributed by atoms with Gasteiger partial charge in [-0.1, -0.05) is 33.1 Å². The molecule has 0 bridgehead atoms. The van der Waals surface area contributed by atoms with Crippen molar-refractivity contribution in [2.24, 2.45) is 5.41 Å². The second-order valence-electron chi connectivity index (χ2n) is 10.1. The third-order valence-electron chi connectivity index (χ3n) is 7.07. The quantitative estimate of drug-likeness (QED) is 0.802. The van der Waals surface area contributed by atoms with Gasteiger partial charge in [-0.3, -0.25) is 9.59 Å². The van der Waals surface area contributed by atoms with Crippen LogP contribution in [0.15, 0.2) is 0 Å². The van der Waals surface area contributed by atoms with Crippen molar-refractivity contribution in [3.63, 3.8) is 0 Å². The standard InChI is InChI=1S/C24H36N2O3/c1-16-19(12-22(28)25-15-18-10-7-11-29-18)23-20(13-24(2,3)14-21(23)27)26(16)17-8-5-4-6-9-17/h17-18H,4-15H2,1-3H3,(H,25,28)/t18-/m1/s1. The second-order valence-corrected chi connectivity index (χ2v) is 10.1. The molecule has 29 heavy (non-hydrogen) atoms. The minimum absolute atomic E-state index is 0.00447. The maximum absolute atomic E-state index is 13.2. The van der Waals surface area contributed by atoms with Crippen molar-refractivity contribution in [1.82, 2.24) is 9.88 Å². The molecule has 2 aliphatic carbocycles. The van der Waals surface area contributed by atoms with Crippen molar-refractivity contribution >= 4 is 11.7 Å². The lowest BCUT2D eigenvalue weighted by atomic mass is 9.75. The highest BCUT2D eigenvalue weighted by Crippen LogP contribution is 2.42. The van der Waals surface area contributed by atoms with Gasteiger partial charge in [-0.15, -0.1) is 0 Å². The predicted octanol–water partition coefficient (Wildman–Crippen LogP) is 4.29.